The van der Waals surface area contributed by atoms with Gasteiger partial charge in [0.25, 0.3) is 0 Å². The summed E-state index contributed by atoms with van der Waals surface area (Å²) in [4.78, 5) is 17.0. The van der Waals surface area contributed by atoms with Crippen molar-refractivity contribution in [1.29, 1.82) is 0 Å². The summed E-state index contributed by atoms with van der Waals surface area (Å²) in [5, 5.41) is 3.49. The van der Waals surface area contributed by atoms with Crippen molar-refractivity contribution in [3.05, 3.63) is 0 Å². The number of likely N-dealkylation sites (tertiary alicyclic amines) is 1. The predicted octanol–water partition coefficient (Wildman–Crippen LogP) is 0.780. The minimum atomic E-state index is -0.147. The first-order valence-electron chi connectivity index (χ1n) is 6.84. The van der Waals surface area contributed by atoms with Gasteiger partial charge in [-0.05, 0) is 46.6 Å². The summed E-state index contributed by atoms with van der Waals surface area (Å²) in [6.07, 6.45) is 4.54. The van der Waals surface area contributed by atoms with Gasteiger partial charge in [-0.25, -0.2) is 0 Å². The molecule has 4 nitrogen and oxygen atoms in total. The number of hydrogen-bond donors (Lipinski definition) is 1. The highest BCUT2D eigenvalue weighted by molar-refractivity contribution is 5.92. The SMILES string of the molecule is CC1CC(N2C(=O)C3(CC3)NC2C)CCN1C. The number of carbonyl (C=O) groups is 1. The van der Waals surface area contributed by atoms with Crippen LogP contribution >= 0.6 is 0 Å². The van der Waals surface area contributed by atoms with Gasteiger partial charge in [0.15, 0.2) is 0 Å². The van der Waals surface area contributed by atoms with Gasteiger partial charge in [0.05, 0.1) is 11.7 Å². The zero-order valence-electron chi connectivity index (χ0n) is 11.1. The van der Waals surface area contributed by atoms with E-state index in [1.54, 1.807) is 0 Å². The van der Waals surface area contributed by atoms with Crippen molar-refractivity contribution in [2.24, 2.45) is 0 Å². The number of nitrogens with one attached hydrogen (secondary N) is 1. The number of rotatable bonds is 1. The molecule has 96 valence electrons. The smallest absolute Gasteiger partial charge is 0.244 e. The van der Waals surface area contributed by atoms with E-state index in [2.05, 4.69) is 36.0 Å². The number of hydrogen-bond acceptors (Lipinski definition) is 3. The molecule has 2 aliphatic heterocycles. The van der Waals surface area contributed by atoms with Gasteiger partial charge in [-0.15, -0.1) is 0 Å². The van der Waals surface area contributed by atoms with Crippen LogP contribution in [0.3, 0.4) is 0 Å². The minimum absolute atomic E-state index is 0.147. The molecule has 2 saturated heterocycles. The van der Waals surface area contributed by atoms with E-state index in [-0.39, 0.29) is 11.7 Å². The molecule has 0 aromatic carbocycles. The van der Waals surface area contributed by atoms with E-state index in [0.29, 0.717) is 18.0 Å². The average Bonchev–Trinajstić information content (AvgIpc) is 2.99. The number of piperidine rings is 1. The first-order chi connectivity index (χ1) is 8.03. The second kappa shape index (κ2) is 3.69. The van der Waals surface area contributed by atoms with Crippen LogP contribution in [0.15, 0.2) is 0 Å². The van der Waals surface area contributed by atoms with Crippen LogP contribution in [0.2, 0.25) is 0 Å². The Bertz CT molecular complexity index is 340. The van der Waals surface area contributed by atoms with Crippen LogP contribution in [0.4, 0.5) is 0 Å². The van der Waals surface area contributed by atoms with Crippen LogP contribution in [0.1, 0.15) is 39.5 Å². The topological polar surface area (TPSA) is 35.6 Å². The van der Waals surface area contributed by atoms with Crippen LogP contribution < -0.4 is 5.32 Å². The monoisotopic (exact) mass is 237 g/mol. The van der Waals surface area contributed by atoms with Gasteiger partial charge < -0.3 is 9.80 Å². The molecule has 3 rings (SSSR count). The van der Waals surface area contributed by atoms with Crippen molar-refractivity contribution < 1.29 is 4.79 Å². The van der Waals surface area contributed by atoms with Crippen molar-refractivity contribution in [3.63, 3.8) is 0 Å². The molecule has 3 aliphatic rings. The van der Waals surface area contributed by atoms with Crippen molar-refractivity contribution in [3.8, 4) is 0 Å². The summed E-state index contributed by atoms with van der Waals surface area (Å²) in [6.45, 7) is 5.50. The molecule has 0 aromatic heterocycles. The minimum Gasteiger partial charge on any atom is -0.323 e. The molecule has 1 amide bonds. The molecule has 1 saturated carbocycles. The lowest BCUT2D eigenvalue weighted by molar-refractivity contribution is -0.134. The molecular formula is C13H23N3O. The summed E-state index contributed by atoms with van der Waals surface area (Å²) in [5.74, 6) is 0.367. The Hall–Kier alpha value is -0.610. The maximum absolute atomic E-state index is 12.4. The van der Waals surface area contributed by atoms with Crippen molar-refractivity contribution >= 4 is 5.91 Å². The Labute approximate surface area is 103 Å². The molecule has 0 bridgehead atoms. The van der Waals surface area contributed by atoms with Gasteiger partial charge in [-0.2, -0.15) is 0 Å². The highest BCUT2D eigenvalue weighted by Gasteiger charge is 2.59. The molecule has 1 spiro atoms. The van der Waals surface area contributed by atoms with Gasteiger partial charge in [-0.3, -0.25) is 10.1 Å². The third kappa shape index (κ3) is 1.69. The van der Waals surface area contributed by atoms with Crippen LogP contribution in [0.25, 0.3) is 0 Å². The number of amides is 1. The molecular weight excluding hydrogens is 214 g/mol. The molecule has 1 N–H and O–H groups in total. The van der Waals surface area contributed by atoms with Crippen molar-refractivity contribution in [2.45, 2.75) is 63.3 Å². The van der Waals surface area contributed by atoms with Gasteiger partial charge in [-0.1, -0.05) is 0 Å². The Kier molecular flexibility index (Phi) is 2.49. The maximum Gasteiger partial charge on any atom is 0.244 e. The lowest BCUT2D eigenvalue weighted by Gasteiger charge is -2.40. The maximum atomic E-state index is 12.4. The zero-order valence-corrected chi connectivity index (χ0v) is 11.1. The van der Waals surface area contributed by atoms with Gasteiger partial charge in [0.2, 0.25) is 5.91 Å². The first-order valence-corrected chi connectivity index (χ1v) is 6.84. The van der Waals surface area contributed by atoms with E-state index in [1.165, 1.54) is 0 Å². The molecule has 17 heavy (non-hydrogen) atoms. The summed E-state index contributed by atoms with van der Waals surface area (Å²) < 4.78 is 0. The predicted molar refractivity (Wildman–Crippen MR) is 66.5 cm³/mol. The first kappa shape index (κ1) is 11.5. The second-order valence-corrected chi connectivity index (χ2v) is 6.12. The lowest BCUT2D eigenvalue weighted by Crippen LogP contribution is -2.51. The van der Waals surface area contributed by atoms with Gasteiger partial charge >= 0.3 is 0 Å². The molecule has 4 heteroatoms. The average molecular weight is 237 g/mol. The van der Waals surface area contributed by atoms with E-state index in [1.807, 2.05) is 0 Å². The molecule has 2 heterocycles. The Morgan fingerprint density at radius 3 is 2.59 bits per heavy atom. The van der Waals surface area contributed by atoms with E-state index in [4.69, 9.17) is 0 Å². The second-order valence-electron chi connectivity index (χ2n) is 6.12. The van der Waals surface area contributed by atoms with Gasteiger partial charge in [0.1, 0.15) is 0 Å². The third-order valence-corrected chi connectivity index (χ3v) is 4.87. The van der Waals surface area contributed by atoms with Crippen LogP contribution in [0.5, 0.6) is 0 Å². The Balaban J connectivity index is 1.74. The van der Waals surface area contributed by atoms with Crippen molar-refractivity contribution in [1.82, 2.24) is 15.1 Å². The van der Waals surface area contributed by atoms with Crippen LogP contribution in [-0.4, -0.2) is 53.1 Å². The molecule has 0 aromatic rings. The van der Waals surface area contributed by atoms with E-state index in [9.17, 15) is 4.79 Å². The molecule has 0 radical (unpaired) electrons. The summed E-state index contributed by atoms with van der Waals surface area (Å²) in [7, 11) is 2.18. The summed E-state index contributed by atoms with van der Waals surface area (Å²) in [5.41, 5.74) is -0.147. The fourth-order valence-electron chi connectivity index (χ4n) is 3.44. The highest BCUT2D eigenvalue weighted by Crippen LogP contribution is 2.43. The van der Waals surface area contributed by atoms with E-state index < -0.39 is 0 Å². The van der Waals surface area contributed by atoms with E-state index in [0.717, 1.165) is 32.2 Å². The lowest BCUT2D eigenvalue weighted by atomic mass is 9.97. The molecule has 1 aliphatic carbocycles. The summed E-state index contributed by atoms with van der Waals surface area (Å²) >= 11 is 0. The fourth-order valence-corrected chi connectivity index (χ4v) is 3.44. The van der Waals surface area contributed by atoms with Crippen LogP contribution in [-0.2, 0) is 4.79 Å². The third-order valence-electron chi connectivity index (χ3n) is 4.87. The molecule has 3 unspecified atom stereocenters. The van der Waals surface area contributed by atoms with Crippen molar-refractivity contribution in [2.75, 3.05) is 13.6 Å². The Morgan fingerprint density at radius 1 is 1.35 bits per heavy atom. The van der Waals surface area contributed by atoms with Gasteiger partial charge in [0, 0.05) is 18.6 Å². The largest absolute Gasteiger partial charge is 0.323 e. The van der Waals surface area contributed by atoms with Crippen LogP contribution in [0, 0.1) is 0 Å². The molecule has 3 atom stereocenters. The fraction of sp³-hybridized carbons (Fsp3) is 0.923. The molecule has 3 fully saturated rings. The normalized spacial score (nSPS) is 41.2. The Morgan fingerprint density at radius 2 is 2.06 bits per heavy atom. The number of carbonyl (C=O) groups excluding carboxylic acids is 1. The summed E-state index contributed by atoms with van der Waals surface area (Å²) in [6, 6.07) is 1.03. The van der Waals surface area contributed by atoms with E-state index >= 15 is 0 Å². The zero-order chi connectivity index (χ0) is 12.2. The quantitative estimate of drug-likeness (QED) is 0.732. The highest BCUT2D eigenvalue weighted by atomic mass is 16.2. The standard InChI is InChI=1S/C13H23N3O/c1-9-8-11(4-7-15(9)3)16-10(2)14-13(5-6-13)12(16)17/h9-11,14H,4-8H2,1-3H3. The number of nitrogens with zero attached hydrogens (tertiary/aromatic N) is 2.